The molecule has 0 unspecified atom stereocenters. The lowest BCUT2D eigenvalue weighted by Gasteiger charge is -2.07. The van der Waals surface area contributed by atoms with Gasteiger partial charge in [-0.2, -0.15) is 10.5 Å². The standard InChI is InChI=1S/C16H9IN2O2/c17-15-7-13(9-19)12(8-18)6-14(15)16(20)21-10-11-4-2-1-3-5-11/h1-7H,10H2. The summed E-state index contributed by atoms with van der Waals surface area (Å²) in [6, 6.07) is 16.1. The number of nitriles is 2. The van der Waals surface area contributed by atoms with Gasteiger partial charge in [-0.05, 0) is 40.3 Å². The average molecular weight is 388 g/mol. The number of carbonyl (C=O) groups is 1. The minimum atomic E-state index is -0.510. The normalized spacial score (nSPS) is 9.48. The van der Waals surface area contributed by atoms with E-state index in [-0.39, 0.29) is 17.7 Å². The molecule has 5 heteroatoms. The lowest BCUT2D eigenvalue weighted by Crippen LogP contribution is -2.08. The van der Waals surface area contributed by atoms with Gasteiger partial charge in [-0.25, -0.2) is 4.79 Å². The smallest absolute Gasteiger partial charge is 0.339 e. The Labute approximate surface area is 135 Å². The Morgan fingerprint density at radius 2 is 1.71 bits per heavy atom. The van der Waals surface area contributed by atoms with Crippen molar-refractivity contribution < 1.29 is 9.53 Å². The highest BCUT2D eigenvalue weighted by molar-refractivity contribution is 14.1. The number of carbonyl (C=O) groups excluding carboxylic acids is 1. The van der Waals surface area contributed by atoms with Gasteiger partial charge in [0.15, 0.2) is 0 Å². The van der Waals surface area contributed by atoms with Crippen LogP contribution in [-0.4, -0.2) is 5.97 Å². The first-order valence-electron chi connectivity index (χ1n) is 6.00. The maximum atomic E-state index is 12.1. The summed E-state index contributed by atoms with van der Waals surface area (Å²) in [5, 5.41) is 17.9. The summed E-state index contributed by atoms with van der Waals surface area (Å²) in [7, 11) is 0. The van der Waals surface area contributed by atoms with Gasteiger partial charge in [0.1, 0.15) is 18.7 Å². The van der Waals surface area contributed by atoms with Gasteiger partial charge in [0, 0.05) is 3.57 Å². The molecule has 0 saturated heterocycles. The molecule has 0 spiro atoms. The van der Waals surface area contributed by atoms with E-state index in [1.54, 1.807) is 0 Å². The monoisotopic (exact) mass is 388 g/mol. The second kappa shape index (κ2) is 6.87. The van der Waals surface area contributed by atoms with Gasteiger partial charge in [0.25, 0.3) is 0 Å². The Kier molecular flexibility index (Phi) is 4.91. The third kappa shape index (κ3) is 3.59. The molecule has 0 fully saturated rings. The zero-order chi connectivity index (χ0) is 15.2. The van der Waals surface area contributed by atoms with E-state index < -0.39 is 5.97 Å². The molecule has 102 valence electrons. The molecule has 0 aliphatic heterocycles. The van der Waals surface area contributed by atoms with E-state index in [9.17, 15) is 4.79 Å². The molecule has 2 rings (SSSR count). The fourth-order valence-electron chi connectivity index (χ4n) is 1.72. The van der Waals surface area contributed by atoms with E-state index in [0.29, 0.717) is 9.13 Å². The van der Waals surface area contributed by atoms with Gasteiger partial charge in [0.2, 0.25) is 0 Å². The molecule has 0 aliphatic rings. The first-order chi connectivity index (χ1) is 10.2. The van der Waals surface area contributed by atoms with Crippen LogP contribution in [0.15, 0.2) is 42.5 Å². The fourth-order valence-corrected chi connectivity index (χ4v) is 2.40. The van der Waals surface area contributed by atoms with E-state index >= 15 is 0 Å². The molecular weight excluding hydrogens is 379 g/mol. The van der Waals surface area contributed by atoms with Crippen molar-refractivity contribution in [2.75, 3.05) is 0 Å². The summed E-state index contributed by atoms with van der Waals surface area (Å²) in [6.45, 7) is 0.164. The van der Waals surface area contributed by atoms with Crippen molar-refractivity contribution in [1.29, 1.82) is 10.5 Å². The van der Waals surface area contributed by atoms with Crippen LogP contribution < -0.4 is 0 Å². The van der Waals surface area contributed by atoms with Crippen LogP contribution in [0.3, 0.4) is 0 Å². The topological polar surface area (TPSA) is 73.9 Å². The van der Waals surface area contributed by atoms with E-state index in [0.717, 1.165) is 5.56 Å². The van der Waals surface area contributed by atoms with Crippen molar-refractivity contribution in [3.05, 3.63) is 68.3 Å². The molecule has 0 radical (unpaired) electrons. The Hall–Kier alpha value is -2.38. The lowest BCUT2D eigenvalue weighted by atomic mass is 10.1. The molecule has 0 N–H and O–H groups in total. The molecule has 4 nitrogen and oxygen atoms in total. The van der Waals surface area contributed by atoms with Crippen LogP contribution in [0.2, 0.25) is 0 Å². The number of rotatable bonds is 3. The van der Waals surface area contributed by atoms with E-state index in [4.69, 9.17) is 15.3 Å². The van der Waals surface area contributed by atoms with Crippen LogP contribution in [0.1, 0.15) is 27.0 Å². The van der Waals surface area contributed by atoms with Crippen LogP contribution in [0.25, 0.3) is 0 Å². The van der Waals surface area contributed by atoms with Gasteiger partial charge in [-0.3, -0.25) is 0 Å². The second-order valence-corrected chi connectivity index (χ2v) is 5.33. The fraction of sp³-hybridized carbons (Fsp3) is 0.0625. The first kappa shape index (κ1) is 15.0. The highest BCUT2D eigenvalue weighted by Gasteiger charge is 2.15. The molecule has 0 amide bonds. The molecular formula is C16H9IN2O2. The van der Waals surface area contributed by atoms with Gasteiger partial charge >= 0.3 is 5.97 Å². The Bertz CT molecular complexity index is 758. The van der Waals surface area contributed by atoms with Gasteiger partial charge in [-0.1, -0.05) is 30.3 Å². The second-order valence-electron chi connectivity index (χ2n) is 4.16. The molecule has 0 heterocycles. The van der Waals surface area contributed by atoms with Crippen molar-refractivity contribution in [1.82, 2.24) is 0 Å². The third-order valence-corrected chi connectivity index (χ3v) is 3.67. The van der Waals surface area contributed by atoms with Crippen LogP contribution in [-0.2, 0) is 11.3 Å². The Morgan fingerprint density at radius 3 is 2.33 bits per heavy atom. The summed E-state index contributed by atoms with van der Waals surface area (Å²) in [5.74, 6) is -0.510. The van der Waals surface area contributed by atoms with Crippen LogP contribution >= 0.6 is 22.6 Å². The lowest BCUT2D eigenvalue weighted by molar-refractivity contribution is 0.0471. The summed E-state index contributed by atoms with van der Waals surface area (Å²) in [5.41, 5.74) is 1.60. The third-order valence-electron chi connectivity index (χ3n) is 2.78. The molecule has 0 atom stereocenters. The van der Waals surface area contributed by atoms with E-state index in [2.05, 4.69) is 0 Å². The summed E-state index contributed by atoms with van der Waals surface area (Å²) in [6.07, 6.45) is 0. The summed E-state index contributed by atoms with van der Waals surface area (Å²) < 4.78 is 5.82. The van der Waals surface area contributed by atoms with Crippen molar-refractivity contribution in [3.8, 4) is 12.1 Å². The summed E-state index contributed by atoms with van der Waals surface area (Å²) in [4.78, 5) is 12.1. The van der Waals surface area contributed by atoms with E-state index in [1.807, 2.05) is 65.1 Å². The largest absolute Gasteiger partial charge is 0.457 e. The molecule has 21 heavy (non-hydrogen) atoms. The Balaban J connectivity index is 2.20. The molecule has 0 bridgehead atoms. The minimum absolute atomic E-state index is 0.164. The molecule has 0 aromatic heterocycles. The number of benzene rings is 2. The number of esters is 1. The highest BCUT2D eigenvalue weighted by Crippen LogP contribution is 2.19. The zero-order valence-corrected chi connectivity index (χ0v) is 13.0. The molecule has 2 aromatic carbocycles. The predicted molar refractivity (Wildman–Crippen MR) is 84.2 cm³/mol. The van der Waals surface area contributed by atoms with Crippen LogP contribution in [0, 0.1) is 26.2 Å². The van der Waals surface area contributed by atoms with Crippen molar-refractivity contribution in [2.24, 2.45) is 0 Å². The number of hydrogen-bond donors (Lipinski definition) is 0. The van der Waals surface area contributed by atoms with Gasteiger partial charge in [0.05, 0.1) is 16.7 Å². The number of hydrogen-bond acceptors (Lipinski definition) is 4. The maximum Gasteiger partial charge on any atom is 0.339 e. The zero-order valence-electron chi connectivity index (χ0n) is 10.8. The molecule has 2 aromatic rings. The first-order valence-corrected chi connectivity index (χ1v) is 7.08. The number of halogens is 1. The van der Waals surface area contributed by atoms with Gasteiger partial charge in [-0.15, -0.1) is 0 Å². The average Bonchev–Trinajstić information content (AvgIpc) is 2.53. The highest BCUT2D eigenvalue weighted by atomic mass is 127. The Morgan fingerprint density at radius 1 is 1.10 bits per heavy atom. The minimum Gasteiger partial charge on any atom is -0.457 e. The van der Waals surface area contributed by atoms with Crippen molar-refractivity contribution in [2.45, 2.75) is 6.61 Å². The summed E-state index contributed by atoms with van der Waals surface area (Å²) >= 11 is 1.95. The number of ether oxygens (including phenoxy) is 1. The van der Waals surface area contributed by atoms with Crippen molar-refractivity contribution >= 4 is 28.6 Å². The number of nitrogens with zero attached hydrogens (tertiary/aromatic N) is 2. The van der Waals surface area contributed by atoms with Gasteiger partial charge < -0.3 is 4.74 Å². The quantitative estimate of drug-likeness (QED) is 0.597. The van der Waals surface area contributed by atoms with Crippen LogP contribution in [0.4, 0.5) is 0 Å². The predicted octanol–water partition coefficient (Wildman–Crippen LogP) is 3.39. The molecule has 0 saturated carbocycles. The molecule has 0 aliphatic carbocycles. The van der Waals surface area contributed by atoms with Crippen molar-refractivity contribution in [3.63, 3.8) is 0 Å². The maximum absolute atomic E-state index is 12.1. The SMILES string of the molecule is N#Cc1cc(I)c(C(=O)OCc2ccccc2)cc1C#N. The van der Waals surface area contributed by atoms with E-state index in [1.165, 1.54) is 12.1 Å². The van der Waals surface area contributed by atoms with Crippen LogP contribution in [0.5, 0.6) is 0 Å².